The maximum atomic E-state index is 11.0. The molecule has 0 aromatic rings. The molecule has 0 amide bonds. The van der Waals surface area contributed by atoms with E-state index in [1.807, 2.05) is 6.92 Å². The molecule has 13 heavy (non-hydrogen) atoms. The second-order valence-corrected chi connectivity index (χ2v) is 4.28. The predicted molar refractivity (Wildman–Crippen MR) is 52.5 cm³/mol. The molecule has 0 spiro atoms. The van der Waals surface area contributed by atoms with E-state index < -0.39 is 5.97 Å². The third-order valence-electron chi connectivity index (χ3n) is 3.45. The average Bonchev–Trinajstić information content (AvgIpc) is 2.09. The maximum Gasteiger partial charge on any atom is 0.306 e. The summed E-state index contributed by atoms with van der Waals surface area (Å²) in [6.07, 6.45) is 5.62. The van der Waals surface area contributed by atoms with Crippen molar-refractivity contribution in [2.75, 3.05) is 0 Å². The maximum absolute atomic E-state index is 11.0. The lowest BCUT2D eigenvalue weighted by Crippen LogP contribution is -2.30. The number of carboxylic acids is 1. The van der Waals surface area contributed by atoms with Crippen LogP contribution in [-0.2, 0) is 4.79 Å². The van der Waals surface area contributed by atoms with Crippen LogP contribution in [0.25, 0.3) is 0 Å². The van der Waals surface area contributed by atoms with Crippen LogP contribution in [0.3, 0.4) is 0 Å². The molecular formula is C11H20O2. The standard InChI is InChI=1S/C11H20O2/c1-3-9(11(12)13)10-7-5-4-6-8(10)2/h8-10H,3-7H2,1-2H3,(H,12,13)/t8-,9+,10-/m1/s1. The minimum atomic E-state index is -0.596. The Kier molecular flexibility index (Phi) is 3.76. The van der Waals surface area contributed by atoms with Gasteiger partial charge in [0.2, 0.25) is 0 Å². The summed E-state index contributed by atoms with van der Waals surface area (Å²) < 4.78 is 0. The van der Waals surface area contributed by atoms with Gasteiger partial charge in [-0.05, 0) is 24.7 Å². The van der Waals surface area contributed by atoms with E-state index in [0.717, 1.165) is 12.8 Å². The number of carboxylic acid groups (broad SMARTS) is 1. The summed E-state index contributed by atoms with van der Waals surface area (Å²) >= 11 is 0. The van der Waals surface area contributed by atoms with Crippen LogP contribution in [0.5, 0.6) is 0 Å². The normalized spacial score (nSPS) is 31.2. The minimum absolute atomic E-state index is 0.102. The molecule has 1 saturated carbocycles. The quantitative estimate of drug-likeness (QED) is 0.732. The van der Waals surface area contributed by atoms with Gasteiger partial charge in [0.1, 0.15) is 0 Å². The van der Waals surface area contributed by atoms with Crippen molar-refractivity contribution in [1.82, 2.24) is 0 Å². The van der Waals surface area contributed by atoms with Gasteiger partial charge >= 0.3 is 5.97 Å². The van der Waals surface area contributed by atoms with Gasteiger partial charge in [-0.25, -0.2) is 0 Å². The lowest BCUT2D eigenvalue weighted by molar-refractivity contribution is -0.145. The average molecular weight is 184 g/mol. The van der Waals surface area contributed by atoms with Gasteiger partial charge in [0.15, 0.2) is 0 Å². The molecule has 76 valence electrons. The Morgan fingerprint density at radius 3 is 2.54 bits per heavy atom. The highest BCUT2D eigenvalue weighted by Crippen LogP contribution is 2.36. The Morgan fingerprint density at radius 2 is 2.08 bits per heavy atom. The van der Waals surface area contributed by atoms with Crippen LogP contribution in [0, 0.1) is 17.8 Å². The number of hydrogen-bond donors (Lipinski definition) is 1. The lowest BCUT2D eigenvalue weighted by Gasteiger charge is -2.32. The molecule has 3 atom stereocenters. The van der Waals surface area contributed by atoms with Gasteiger partial charge in [0.05, 0.1) is 5.92 Å². The summed E-state index contributed by atoms with van der Waals surface area (Å²) in [5.41, 5.74) is 0. The van der Waals surface area contributed by atoms with Gasteiger partial charge in [0, 0.05) is 0 Å². The Hall–Kier alpha value is -0.530. The largest absolute Gasteiger partial charge is 0.481 e. The van der Waals surface area contributed by atoms with E-state index in [2.05, 4.69) is 6.92 Å². The molecule has 0 aliphatic heterocycles. The van der Waals surface area contributed by atoms with Crippen LogP contribution in [0.4, 0.5) is 0 Å². The van der Waals surface area contributed by atoms with E-state index in [1.54, 1.807) is 0 Å². The number of hydrogen-bond acceptors (Lipinski definition) is 1. The van der Waals surface area contributed by atoms with Gasteiger partial charge in [-0.1, -0.05) is 33.1 Å². The van der Waals surface area contributed by atoms with Crippen molar-refractivity contribution >= 4 is 5.97 Å². The monoisotopic (exact) mass is 184 g/mol. The molecule has 0 unspecified atom stereocenters. The highest BCUT2D eigenvalue weighted by Gasteiger charge is 2.32. The van der Waals surface area contributed by atoms with Gasteiger partial charge in [-0.15, -0.1) is 0 Å². The molecular weight excluding hydrogens is 164 g/mol. The first-order valence-corrected chi connectivity index (χ1v) is 5.39. The van der Waals surface area contributed by atoms with E-state index >= 15 is 0 Å². The molecule has 1 rings (SSSR count). The summed E-state index contributed by atoms with van der Waals surface area (Å²) in [6, 6.07) is 0. The molecule has 1 fully saturated rings. The van der Waals surface area contributed by atoms with Crippen molar-refractivity contribution in [2.24, 2.45) is 17.8 Å². The molecule has 0 saturated heterocycles. The Labute approximate surface area is 80.3 Å². The van der Waals surface area contributed by atoms with Crippen LogP contribution in [0.1, 0.15) is 46.0 Å². The Bertz CT molecular complexity index is 177. The molecule has 0 radical (unpaired) electrons. The molecule has 1 aliphatic rings. The summed E-state index contributed by atoms with van der Waals surface area (Å²) in [5.74, 6) is 0.336. The van der Waals surface area contributed by atoms with Crippen LogP contribution in [0.15, 0.2) is 0 Å². The van der Waals surface area contributed by atoms with E-state index in [-0.39, 0.29) is 5.92 Å². The highest BCUT2D eigenvalue weighted by molar-refractivity contribution is 5.70. The van der Waals surface area contributed by atoms with Crippen molar-refractivity contribution in [3.8, 4) is 0 Å². The third kappa shape index (κ3) is 2.45. The highest BCUT2D eigenvalue weighted by atomic mass is 16.4. The lowest BCUT2D eigenvalue weighted by atomic mass is 9.72. The molecule has 0 aromatic carbocycles. The van der Waals surface area contributed by atoms with Crippen molar-refractivity contribution in [2.45, 2.75) is 46.0 Å². The van der Waals surface area contributed by atoms with Gasteiger partial charge in [-0.3, -0.25) is 4.79 Å². The van der Waals surface area contributed by atoms with E-state index in [1.165, 1.54) is 19.3 Å². The first kappa shape index (κ1) is 10.6. The number of aliphatic carboxylic acids is 1. The van der Waals surface area contributed by atoms with Gasteiger partial charge in [0.25, 0.3) is 0 Å². The first-order chi connectivity index (χ1) is 6.16. The summed E-state index contributed by atoms with van der Waals surface area (Å²) in [4.78, 5) is 11.0. The fourth-order valence-electron chi connectivity index (χ4n) is 2.60. The van der Waals surface area contributed by atoms with E-state index in [0.29, 0.717) is 11.8 Å². The zero-order chi connectivity index (χ0) is 9.84. The van der Waals surface area contributed by atoms with Crippen molar-refractivity contribution < 1.29 is 9.90 Å². The molecule has 1 N–H and O–H groups in total. The van der Waals surface area contributed by atoms with Crippen LogP contribution < -0.4 is 0 Å². The molecule has 0 heterocycles. The zero-order valence-electron chi connectivity index (χ0n) is 8.62. The molecule has 0 aromatic heterocycles. The molecule has 2 heteroatoms. The molecule has 1 aliphatic carbocycles. The zero-order valence-corrected chi connectivity index (χ0v) is 8.62. The Morgan fingerprint density at radius 1 is 1.46 bits per heavy atom. The number of carbonyl (C=O) groups is 1. The van der Waals surface area contributed by atoms with Crippen molar-refractivity contribution in [3.05, 3.63) is 0 Å². The fourth-order valence-corrected chi connectivity index (χ4v) is 2.60. The van der Waals surface area contributed by atoms with Crippen molar-refractivity contribution in [1.29, 1.82) is 0 Å². The van der Waals surface area contributed by atoms with E-state index in [9.17, 15) is 4.79 Å². The van der Waals surface area contributed by atoms with Gasteiger partial charge < -0.3 is 5.11 Å². The van der Waals surface area contributed by atoms with Crippen LogP contribution >= 0.6 is 0 Å². The third-order valence-corrected chi connectivity index (χ3v) is 3.45. The van der Waals surface area contributed by atoms with Gasteiger partial charge in [-0.2, -0.15) is 0 Å². The second kappa shape index (κ2) is 4.64. The second-order valence-electron chi connectivity index (χ2n) is 4.28. The summed E-state index contributed by atoms with van der Waals surface area (Å²) in [7, 11) is 0. The summed E-state index contributed by atoms with van der Waals surface area (Å²) in [5, 5.41) is 9.04. The molecule has 0 bridgehead atoms. The topological polar surface area (TPSA) is 37.3 Å². The van der Waals surface area contributed by atoms with Crippen molar-refractivity contribution in [3.63, 3.8) is 0 Å². The smallest absolute Gasteiger partial charge is 0.306 e. The van der Waals surface area contributed by atoms with Crippen LogP contribution in [-0.4, -0.2) is 11.1 Å². The molecule has 2 nitrogen and oxygen atoms in total. The van der Waals surface area contributed by atoms with Crippen LogP contribution in [0.2, 0.25) is 0 Å². The Balaban J connectivity index is 2.60. The number of rotatable bonds is 3. The first-order valence-electron chi connectivity index (χ1n) is 5.39. The predicted octanol–water partition coefficient (Wildman–Crippen LogP) is 2.92. The van der Waals surface area contributed by atoms with E-state index in [4.69, 9.17) is 5.11 Å². The fraction of sp³-hybridized carbons (Fsp3) is 0.909. The summed E-state index contributed by atoms with van der Waals surface area (Å²) in [6.45, 7) is 4.19. The SMILES string of the molecule is CC[C@H](C(=O)O)[C@@H]1CCCC[C@H]1C. The minimum Gasteiger partial charge on any atom is -0.481 e.